The molecule has 0 aliphatic carbocycles. The van der Waals surface area contributed by atoms with E-state index >= 15 is 0 Å². The van der Waals surface area contributed by atoms with Crippen molar-refractivity contribution in [1.29, 1.82) is 0 Å². The molecule has 0 heterocycles. The second-order valence-electron chi connectivity index (χ2n) is 4.58. The molecule has 0 aliphatic rings. The van der Waals surface area contributed by atoms with Crippen molar-refractivity contribution in [3.8, 4) is 11.5 Å². The first kappa shape index (κ1) is 19.2. The number of alkyl halides is 5. The van der Waals surface area contributed by atoms with Gasteiger partial charge in [0.25, 0.3) is 0 Å². The number of halogens is 6. The van der Waals surface area contributed by atoms with E-state index in [-0.39, 0.29) is 18.0 Å². The predicted octanol–water partition coefficient (Wildman–Crippen LogP) is 5.10. The number of benzene rings is 2. The minimum Gasteiger partial charge on any atom is -0.457 e. The summed E-state index contributed by atoms with van der Waals surface area (Å²) in [6.45, 7) is 0. The van der Waals surface area contributed by atoms with E-state index in [9.17, 15) is 22.0 Å². The molecular formula is C15H13ClF5NO. The van der Waals surface area contributed by atoms with E-state index in [0.29, 0.717) is 11.5 Å². The predicted molar refractivity (Wildman–Crippen MR) is 78.1 cm³/mol. The molecule has 0 fully saturated rings. The van der Waals surface area contributed by atoms with E-state index in [0.717, 1.165) is 12.1 Å². The summed E-state index contributed by atoms with van der Waals surface area (Å²) in [4.78, 5) is 0. The molecule has 0 saturated carbocycles. The van der Waals surface area contributed by atoms with Gasteiger partial charge < -0.3 is 10.5 Å². The molecule has 2 rings (SSSR count). The fourth-order valence-corrected chi connectivity index (χ4v) is 1.75. The van der Waals surface area contributed by atoms with Gasteiger partial charge in [-0.05, 0) is 29.8 Å². The highest BCUT2D eigenvalue weighted by Gasteiger charge is 2.61. The van der Waals surface area contributed by atoms with Gasteiger partial charge in [-0.3, -0.25) is 0 Å². The first-order valence-corrected chi connectivity index (χ1v) is 6.25. The van der Waals surface area contributed by atoms with E-state index in [4.69, 9.17) is 10.5 Å². The Labute approximate surface area is 135 Å². The van der Waals surface area contributed by atoms with Crippen molar-refractivity contribution in [2.24, 2.45) is 5.73 Å². The van der Waals surface area contributed by atoms with Crippen molar-refractivity contribution >= 4 is 12.4 Å². The highest BCUT2D eigenvalue weighted by Crippen LogP contribution is 2.43. The number of hydrogen-bond acceptors (Lipinski definition) is 2. The van der Waals surface area contributed by atoms with Crippen LogP contribution in [-0.4, -0.2) is 12.1 Å². The largest absolute Gasteiger partial charge is 0.457 e. The third-order valence-electron chi connectivity index (χ3n) is 2.99. The maximum absolute atomic E-state index is 13.2. The van der Waals surface area contributed by atoms with Crippen LogP contribution >= 0.6 is 12.4 Å². The summed E-state index contributed by atoms with van der Waals surface area (Å²) in [6.07, 6.45) is -5.70. The Hall–Kier alpha value is -1.86. The normalized spacial score (nSPS) is 13.1. The van der Waals surface area contributed by atoms with Crippen molar-refractivity contribution < 1.29 is 26.7 Å². The lowest BCUT2D eigenvalue weighted by atomic mass is 10.0. The minimum absolute atomic E-state index is 0. The van der Waals surface area contributed by atoms with Gasteiger partial charge in [-0.1, -0.05) is 30.3 Å². The standard InChI is InChI=1S/C15H12F5NO.ClH/c16-14(17,15(18,19)20)13(21)10-6-8-12(9-7-10)22-11-4-2-1-3-5-11;/h1-9,13H,21H2;1H/t13-;/m1./s1. The van der Waals surface area contributed by atoms with Crippen LogP contribution in [0.15, 0.2) is 54.6 Å². The molecule has 0 aliphatic heterocycles. The Morgan fingerprint density at radius 3 is 1.74 bits per heavy atom. The molecule has 0 aromatic heterocycles. The van der Waals surface area contributed by atoms with Gasteiger partial charge in [-0.15, -0.1) is 12.4 Å². The molecule has 0 saturated heterocycles. The van der Waals surface area contributed by atoms with Gasteiger partial charge in [0.05, 0.1) is 0 Å². The van der Waals surface area contributed by atoms with Gasteiger partial charge in [0.1, 0.15) is 17.5 Å². The summed E-state index contributed by atoms with van der Waals surface area (Å²) in [6, 6.07) is 10.9. The van der Waals surface area contributed by atoms with Crippen LogP contribution in [-0.2, 0) is 0 Å². The highest BCUT2D eigenvalue weighted by atomic mass is 35.5. The fraction of sp³-hybridized carbons (Fsp3) is 0.200. The zero-order chi connectivity index (χ0) is 16.4. The SMILES string of the molecule is Cl.N[C@H](c1ccc(Oc2ccccc2)cc1)C(F)(F)C(F)(F)F. The van der Waals surface area contributed by atoms with Gasteiger partial charge in [0.15, 0.2) is 0 Å². The third kappa shape index (κ3) is 4.33. The zero-order valence-electron chi connectivity index (χ0n) is 11.6. The Bertz CT molecular complexity index is 616. The number of nitrogens with two attached hydrogens (primary N) is 1. The first-order valence-electron chi connectivity index (χ1n) is 6.25. The Morgan fingerprint density at radius 1 is 0.783 bits per heavy atom. The van der Waals surface area contributed by atoms with Crippen molar-refractivity contribution in [3.63, 3.8) is 0 Å². The maximum atomic E-state index is 13.2. The Kier molecular flexibility index (Phi) is 5.96. The van der Waals surface area contributed by atoms with Gasteiger partial charge in [0, 0.05) is 0 Å². The maximum Gasteiger partial charge on any atom is 0.455 e. The van der Waals surface area contributed by atoms with Crippen LogP contribution in [0, 0.1) is 0 Å². The lowest BCUT2D eigenvalue weighted by Crippen LogP contribution is -2.45. The highest BCUT2D eigenvalue weighted by molar-refractivity contribution is 5.85. The van der Waals surface area contributed by atoms with Crippen LogP contribution in [0.2, 0.25) is 0 Å². The number of para-hydroxylation sites is 1. The van der Waals surface area contributed by atoms with Gasteiger partial charge >= 0.3 is 12.1 Å². The lowest BCUT2D eigenvalue weighted by Gasteiger charge is -2.26. The summed E-state index contributed by atoms with van der Waals surface area (Å²) in [5.41, 5.74) is 4.72. The average molecular weight is 354 g/mol. The van der Waals surface area contributed by atoms with Crippen molar-refractivity contribution in [1.82, 2.24) is 0 Å². The number of hydrogen-bond donors (Lipinski definition) is 1. The smallest absolute Gasteiger partial charge is 0.455 e. The Morgan fingerprint density at radius 2 is 1.26 bits per heavy atom. The minimum atomic E-state index is -5.70. The molecule has 0 unspecified atom stereocenters. The van der Waals surface area contributed by atoms with E-state index in [1.54, 1.807) is 30.3 Å². The van der Waals surface area contributed by atoms with Crippen LogP contribution < -0.4 is 10.5 Å². The van der Waals surface area contributed by atoms with Gasteiger partial charge in [0.2, 0.25) is 0 Å². The van der Waals surface area contributed by atoms with E-state index in [2.05, 4.69) is 0 Å². The lowest BCUT2D eigenvalue weighted by molar-refractivity contribution is -0.291. The summed E-state index contributed by atoms with van der Waals surface area (Å²) >= 11 is 0. The second kappa shape index (κ2) is 7.14. The van der Waals surface area contributed by atoms with E-state index < -0.39 is 18.1 Å². The van der Waals surface area contributed by atoms with Crippen molar-refractivity contribution in [2.75, 3.05) is 0 Å². The molecule has 23 heavy (non-hydrogen) atoms. The van der Waals surface area contributed by atoms with Crippen LogP contribution in [0.25, 0.3) is 0 Å². The summed E-state index contributed by atoms with van der Waals surface area (Å²) in [7, 11) is 0. The zero-order valence-corrected chi connectivity index (χ0v) is 12.4. The number of ether oxygens (including phenoxy) is 1. The quantitative estimate of drug-likeness (QED) is 0.776. The molecule has 126 valence electrons. The molecule has 0 bridgehead atoms. The van der Waals surface area contributed by atoms with Crippen LogP contribution in [0.4, 0.5) is 22.0 Å². The van der Waals surface area contributed by atoms with E-state index in [1.165, 1.54) is 12.1 Å². The second-order valence-corrected chi connectivity index (χ2v) is 4.58. The topological polar surface area (TPSA) is 35.2 Å². The van der Waals surface area contributed by atoms with Crippen LogP contribution in [0.3, 0.4) is 0 Å². The van der Waals surface area contributed by atoms with Crippen LogP contribution in [0.5, 0.6) is 11.5 Å². The molecule has 0 amide bonds. The fourth-order valence-electron chi connectivity index (χ4n) is 1.75. The van der Waals surface area contributed by atoms with Crippen LogP contribution in [0.1, 0.15) is 11.6 Å². The molecule has 0 radical (unpaired) electrons. The first-order chi connectivity index (χ1) is 10.2. The molecule has 1 atom stereocenters. The van der Waals surface area contributed by atoms with Crippen molar-refractivity contribution in [3.05, 3.63) is 60.2 Å². The summed E-state index contributed by atoms with van der Waals surface area (Å²) in [5.74, 6) is -4.19. The molecule has 2 N–H and O–H groups in total. The molecule has 0 spiro atoms. The van der Waals surface area contributed by atoms with Gasteiger partial charge in [-0.25, -0.2) is 0 Å². The van der Waals surface area contributed by atoms with Crippen molar-refractivity contribution in [2.45, 2.75) is 18.1 Å². The summed E-state index contributed by atoms with van der Waals surface area (Å²) in [5, 5.41) is 0. The summed E-state index contributed by atoms with van der Waals surface area (Å²) < 4.78 is 68.6. The monoisotopic (exact) mass is 353 g/mol. The molecule has 2 nitrogen and oxygen atoms in total. The molecule has 2 aromatic carbocycles. The molecule has 2 aromatic rings. The van der Waals surface area contributed by atoms with E-state index in [1.807, 2.05) is 0 Å². The average Bonchev–Trinajstić information content (AvgIpc) is 2.47. The molecule has 8 heteroatoms. The Balaban J connectivity index is 0.00000264. The third-order valence-corrected chi connectivity index (χ3v) is 2.99. The number of rotatable bonds is 4. The van der Waals surface area contributed by atoms with Gasteiger partial charge in [-0.2, -0.15) is 22.0 Å². The molecular weight excluding hydrogens is 341 g/mol.